The van der Waals surface area contributed by atoms with Gasteiger partial charge in [0.1, 0.15) is 0 Å². The average Bonchev–Trinajstić information content (AvgIpc) is 2.66. The Labute approximate surface area is 126 Å². The second kappa shape index (κ2) is 6.27. The molecule has 0 saturated heterocycles. The predicted molar refractivity (Wildman–Crippen MR) is 85.3 cm³/mol. The van der Waals surface area contributed by atoms with Gasteiger partial charge in [-0.15, -0.1) is 23.1 Å². The largest absolute Gasteiger partial charge is 0.379 e. The van der Waals surface area contributed by atoms with E-state index < -0.39 is 0 Å². The number of rotatable bonds is 4. The Morgan fingerprint density at radius 2 is 2.06 bits per heavy atom. The monoisotopic (exact) mass is 391 g/mol. The van der Waals surface area contributed by atoms with Crippen molar-refractivity contribution in [1.82, 2.24) is 0 Å². The van der Waals surface area contributed by atoms with Gasteiger partial charge in [-0.2, -0.15) is 0 Å². The molecule has 0 aliphatic heterocycles. The minimum Gasteiger partial charge on any atom is -0.379 e. The summed E-state index contributed by atoms with van der Waals surface area (Å²) in [6, 6.07) is 10.5. The summed E-state index contributed by atoms with van der Waals surface area (Å²) in [5.74, 6) is 0. The van der Waals surface area contributed by atoms with E-state index in [0.29, 0.717) is 0 Å². The molecule has 1 N–H and O–H groups in total. The molecule has 0 bridgehead atoms. The van der Waals surface area contributed by atoms with E-state index in [4.69, 9.17) is 0 Å². The minimum atomic E-state index is 0.854. The molecule has 1 aromatic carbocycles. The van der Waals surface area contributed by atoms with E-state index >= 15 is 0 Å². The quantitative estimate of drug-likeness (QED) is 0.678. The Morgan fingerprint density at radius 3 is 2.71 bits per heavy atom. The van der Waals surface area contributed by atoms with Gasteiger partial charge < -0.3 is 5.32 Å². The second-order valence-corrected chi connectivity index (χ2v) is 7.55. The summed E-state index contributed by atoms with van der Waals surface area (Å²) in [7, 11) is 0. The summed E-state index contributed by atoms with van der Waals surface area (Å²) in [6.45, 7) is 0.854. The molecule has 90 valence electrons. The van der Waals surface area contributed by atoms with E-state index in [-0.39, 0.29) is 0 Å². The van der Waals surface area contributed by atoms with Crippen molar-refractivity contribution in [3.63, 3.8) is 0 Å². The van der Waals surface area contributed by atoms with Crippen molar-refractivity contribution in [3.05, 3.63) is 43.5 Å². The van der Waals surface area contributed by atoms with Gasteiger partial charge in [-0.25, -0.2) is 0 Å². The maximum Gasteiger partial charge on any atom is 0.0843 e. The van der Waals surface area contributed by atoms with Crippen LogP contribution in [0.3, 0.4) is 0 Å². The van der Waals surface area contributed by atoms with E-state index in [0.717, 1.165) is 14.8 Å². The van der Waals surface area contributed by atoms with Gasteiger partial charge in [0, 0.05) is 26.5 Å². The molecule has 0 spiro atoms. The molecule has 0 aliphatic rings. The number of halogens is 2. The van der Waals surface area contributed by atoms with Crippen LogP contribution in [0.4, 0.5) is 5.69 Å². The zero-order chi connectivity index (χ0) is 12.3. The highest BCUT2D eigenvalue weighted by Crippen LogP contribution is 2.33. The summed E-state index contributed by atoms with van der Waals surface area (Å²) in [5, 5.41) is 3.47. The normalized spacial score (nSPS) is 10.5. The van der Waals surface area contributed by atoms with Crippen LogP contribution in [0.5, 0.6) is 0 Å². The first kappa shape index (κ1) is 13.5. The fraction of sp³-hybridized carbons (Fsp3) is 0.167. The number of thioether (sulfide) groups is 1. The lowest BCUT2D eigenvalue weighted by Gasteiger charge is -2.08. The average molecular weight is 393 g/mol. The van der Waals surface area contributed by atoms with Gasteiger partial charge in [0.05, 0.1) is 3.79 Å². The highest BCUT2D eigenvalue weighted by Gasteiger charge is 2.05. The SMILES string of the molecule is CSc1ccccc1NCc1cc(Br)c(Br)s1. The Hall–Kier alpha value is 0.0300. The van der Waals surface area contributed by atoms with E-state index in [2.05, 4.69) is 73.8 Å². The lowest BCUT2D eigenvalue weighted by molar-refractivity contribution is 1.17. The molecule has 0 amide bonds. The number of para-hydroxylation sites is 1. The van der Waals surface area contributed by atoms with Crippen LogP contribution in [-0.4, -0.2) is 6.26 Å². The summed E-state index contributed by atoms with van der Waals surface area (Å²) >= 11 is 10.5. The summed E-state index contributed by atoms with van der Waals surface area (Å²) in [5.41, 5.74) is 1.20. The van der Waals surface area contributed by atoms with Crippen LogP contribution >= 0.6 is 55.0 Å². The summed E-state index contributed by atoms with van der Waals surface area (Å²) in [4.78, 5) is 2.59. The van der Waals surface area contributed by atoms with E-state index in [9.17, 15) is 0 Å². The molecule has 2 aromatic rings. The summed E-state index contributed by atoms with van der Waals surface area (Å²) in [6.07, 6.45) is 2.10. The van der Waals surface area contributed by atoms with Crippen molar-refractivity contribution in [3.8, 4) is 0 Å². The van der Waals surface area contributed by atoms with Crippen LogP contribution in [0.25, 0.3) is 0 Å². The van der Waals surface area contributed by atoms with Gasteiger partial charge in [-0.3, -0.25) is 0 Å². The van der Waals surface area contributed by atoms with Crippen LogP contribution in [0.1, 0.15) is 4.88 Å². The third-order valence-corrected chi connectivity index (χ3v) is 6.31. The predicted octanol–water partition coefficient (Wildman–Crippen LogP) is 5.61. The molecule has 0 saturated carbocycles. The fourth-order valence-electron chi connectivity index (χ4n) is 1.45. The lowest BCUT2D eigenvalue weighted by Crippen LogP contribution is -1.98. The molecule has 5 heteroatoms. The molecule has 0 aliphatic carbocycles. The first-order valence-electron chi connectivity index (χ1n) is 5.01. The Balaban J connectivity index is 2.07. The second-order valence-electron chi connectivity index (χ2n) is 3.39. The maximum absolute atomic E-state index is 3.51. The third kappa shape index (κ3) is 3.50. The zero-order valence-corrected chi connectivity index (χ0v) is 14.0. The fourth-order valence-corrected chi connectivity index (χ4v) is 4.14. The Morgan fingerprint density at radius 1 is 1.29 bits per heavy atom. The number of anilines is 1. The molecule has 1 aromatic heterocycles. The summed E-state index contributed by atoms with van der Waals surface area (Å²) < 4.78 is 2.27. The zero-order valence-electron chi connectivity index (χ0n) is 9.17. The molecular formula is C12H11Br2NS2. The van der Waals surface area contributed by atoms with Crippen molar-refractivity contribution in [2.45, 2.75) is 11.4 Å². The maximum atomic E-state index is 3.51. The van der Waals surface area contributed by atoms with Crippen LogP contribution in [-0.2, 0) is 6.54 Å². The van der Waals surface area contributed by atoms with E-state index in [1.807, 2.05) is 0 Å². The minimum absolute atomic E-state index is 0.854. The van der Waals surface area contributed by atoms with Crippen molar-refractivity contribution in [2.75, 3.05) is 11.6 Å². The van der Waals surface area contributed by atoms with Gasteiger partial charge in [0.2, 0.25) is 0 Å². The standard InChI is InChI=1S/C12H11Br2NS2/c1-16-11-5-3-2-4-10(11)15-7-8-6-9(13)12(14)17-8/h2-6,15H,7H2,1H3. The molecular weight excluding hydrogens is 382 g/mol. The number of hydrogen-bond acceptors (Lipinski definition) is 3. The highest BCUT2D eigenvalue weighted by molar-refractivity contribution is 9.13. The van der Waals surface area contributed by atoms with Gasteiger partial charge >= 0.3 is 0 Å². The first-order valence-corrected chi connectivity index (χ1v) is 8.64. The van der Waals surface area contributed by atoms with Gasteiger partial charge in [0.15, 0.2) is 0 Å². The van der Waals surface area contributed by atoms with Crippen molar-refractivity contribution in [1.29, 1.82) is 0 Å². The Bertz CT molecular complexity index is 491. The smallest absolute Gasteiger partial charge is 0.0843 e. The molecule has 0 fully saturated rings. The van der Waals surface area contributed by atoms with Crippen molar-refractivity contribution >= 4 is 60.6 Å². The lowest BCUT2D eigenvalue weighted by atomic mass is 10.3. The van der Waals surface area contributed by atoms with Crippen LogP contribution < -0.4 is 5.32 Å². The molecule has 17 heavy (non-hydrogen) atoms. The van der Waals surface area contributed by atoms with E-state index in [1.165, 1.54) is 15.5 Å². The molecule has 0 radical (unpaired) electrons. The number of benzene rings is 1. The van der Waals surface area contributed by atoms with Gasteiger partial charge in [-0.1, -0.05) is 12.1 Å². The molecule has 2 rings (SSSR count). The topological polar surface area (TPSA) is 12.0 Å². The number of nitrogens with one attached hydrogen (secondary N) is 1. The molecule has 0 unspecified atom stereocenters. The number of thiophene rings is 1. The third-order valence-electron chi connectivity index (χ3n) is 2.26. The van der Waals surface area contributed by atoms with Crippen molar-refractivity contribution in [2.24, 2.45) is 0 Å². The number of hydrogen-bond donors (Lipinski definition) is 1. The van der Waals surface area contributed by atoms with Crippen molar-refractivity contribution < 1.29 is 0 Å². The van der Waals surface area contributed by atoms with Crippen LogP contribution in [0, 0.1) is 0 Å². The van der Waals surface area contributed by atoms with Crippen LogP contribution in [0.2, 0.25) is 0 Å². The Kier molecular flexibility index (Phi) is 4.97. The van der Waals surface area contributed by atoms with Crippen LogP contribution in [0.15, 0.2) is 43.5 Å². The molecule has 1 heterocycles. The molecule has 0 atom stereocenters. The van der Waals surface area contributed by atoms with Gasteiger partial charge in [-0.05, 0) is 56.3 Å². The first-order chi connectivity index (χ1) is 8.20. The molecule has 1 nitrogen and oxygen atoms in total. The van der Waals surface area contributed by atoms with E-state index in [1.54, 1.807) is 23.1 Å². The highest BCUT2D eigenvalue weighted by atomic mass is 79.9. The van der Waals surface area contributed by atoms with Gasteiger partial charge in [0.25, 0.3) is 0 Å².